The van der Waals surface area contributed by atoms with Crippen LogP contribution in [0.2, 0.25) is 0 Å². The van der Waals surface area contributed by atoms with E-state index in [9.17, 15) is 4.79 Å². The molecule has 26 heavy (non-hydrogen) atoms. The summed E-state index contributed by atoms with van der Waals surface area (Å²) in [6, 6.07) is 27.3. The van der Waals surface area contributed by atoms with E-state index >= 15 is 0 Å². The second kappa shape index (κ2) is 8.82. The van der Waals surface area contributed by atoms with Crippen LogP contribution in [0.1, 0.15) is 40.1 Å². The zero-order chi connectivity index (χ0) is 18.2. The highest BCUT2D eigenvalue weighted by molar-refractivity contribution is 5.89. The first-order valence-corrected chi connectivity index (χ1v) is 8.84. The second-order valence-electron chi connectivity index (χ2n) is 6.06. The van der Waals surface area contributed by atoms with Gasteiger partial charge in [-0.2, -0.15) is 0 Å². The van der Waals surface area contributed by atoms with E-state index in [2.05, 4.69) is 19.1 Å². The zero-order valence-electron chi connectivity index (χ0n) is 14.8. The van der Waals surface area contributed by atoms with Crippen molar-refractivity contribution >= 4 is 12.0 Å². The average Bonchev–Trinajstić information content (AvgIpc) is 2.72. The van der Waals surface area contributed by atoms with Crippen molar-refractivity contribution in [2.45, 2.75) is 19.4 Å². The van der Waals surface area contributed by atoms with Gasteiger partial charge in [0, 0.05) is 0 Å². The van der Waals surface area contributed by atoms with Gasteiger partial charge in [0.1, 0.15) is 6.10 Å². The second-order valence-corrected chi connectivity index (χ2v) is 6.06. The molecule has 0 aliphatic rings. The van der Waals surface area contributed by atoms with E-state index in [1.54, 1.807) is 12.1 Å². The highest BCUT2D eigenvalue weighted by Crippen LogP contribution is 2.23. The van der Waals surface area contributed by atoms with Gasteiger partial charge in [0.2, 0.25) is 0 Å². The topological polar surface area (TPSA) is 26.3 Å². The van der Waals surface area contributed by atoms with Crippen molar-refractivity contribution in [3.8, 4) is 0 Å². The van der Waals surface area contributed by atoms with Crippen LogP contribution in [0.4, 0.5) is 0 Å². The number of hydrogen-bond acceptors (Lipinski definition) is 2. The lowest BCUT2D eigenvalue weighted by atomic mass is 10.0. The molecular weight excluding hydrogens is 320 g/mol. The standard InChI is InChI=1S/C24H22O2/c1-2-19-13-16-21(17-14-19)23(18-15-20-9-5-3-6-10-20)26-24(25)22-11-7-4-8-12-22/h3-18,23H,2H2,1H3/b18-15+/t23-/m1/s1. The molecule has 0 radical (unpaired) electrons. The smallest absolute Gasteiger partial charge is 0.339 e. The molecule has 0 unspecified atom stereocenters. The van der Waals surface area contributed by atoms with Gasteiger partial charge in [-0.25, -0.2) is 4.79 Å². The summed E-state index contributed by atoms with van der Waals surface area (Å²) < 4.78 is 5.79. The van der Waals surface area contributed by atoms with Crippen LogP contribution in [-0.2, 0) is 11.2 Å². The maximum atomic E-state index is 12.5. The summed E-state index contributed by atoms with van der Waals surface area (Å²) in [7, 11) is 0. The van der Waals surface area contributed by atoms with E-state index in [4.69, 9.17) is 4.74 Å². The third-order valence-electron chi connectivity index (χ3n) is 4.22. The third-order valence-corrected chi connectivity index (χ3v) is 4.22. The van der Waals surface area contributed by atoms with Crippen molar-refractivity contribution < 1.29 is 9.53 Å². The van der Waals surface area contributed by atoms with Crippen molar-refractivity contribution in [2.24, 2.45) is 0 Å². The minimum absolute atomic E-state index is 0.326. The lowest BCUT2D eigenvalue weighted by Crippen LogP contribution is -2.10. The van der Waals surface area contributed by atoms with Gasteiger partial charge in [0.05, 0.1) is 5.56 Å². The predicted molar refractivity (Wildman–Crippen MR) is 106 cm³/mol. The van der Waals surface area contributed by atoms with E-state index in [1.165, 1.54) is 5.56 Å². The van der Waals surface area contributed by atoms with Crippen molar-refractivity contribution in [3.05, 3.63) is 113 Å². The molecule has 0 aliphatic carbocycles. The Morgan fingerprint density at radius 3 is 2.12 bits per heavy atom. The van der Waals surface area contributed by atoms with Gasteiger partial charge < -0.3 is 4.74 Å². The summed E-state index contributed by atoms with van der Waals surface area (Å²) in [6.45, 7) is 2.12. The van der Waals surface area contributed by atoms with Gasteiger partial charge in [0.15, 0.2) is 0 Å². The van der Waals surface area contributed by atoms with Crippen LogP contribution in [0, 0.1) is 0 Å². The molecule has 0 saturated heterocycles. The van der Waals surface area contributed by atoms with Crippen molar-refractivity contribution in [1.82, 2.24) is 0 Å². The Labute approximate surface area is 154 Å². The number of aryl methyl sites for hydroxylation is 1. The molecule has 0 aromatic heterocycles. The van der Waals surface area contributed by atoms with Gasteiger partial charge in [-0.3, -0.25) is 0 Å². The van der Waals surface area contributed by atoms with Crippen LogP contribution in [0.25, 0.3) is 6.08 Å². The highest BCUT2D eigenvalue weighted by atomic mass is 16.5. The Morgan fingerprint density at radius 1 is 0.885 bits per heavy atom. The molecule has 3 aromatic carbocycles. The lowest BCUT2D eigenvalue weighted by molar-refractivity contribution is 0.0393. The molecular formula is C24H22O2. The van der Waals surface area contributed by atoms with Crippen LogP contribution < -0.4 is 0 Å². The Morgan fingerprint density at radius 2 is 1.50 bits per heavy atom. The van der Waals surface area contributed by atoms with Gasteiger partial charge in [-0.15, -0.1) is 0 Å². The van der Waals surface area contributed by atoms with Crippen molar-refractivity contribution in [1.29, 1.82) is 0 Å². The Balaban J connectivity index is 1.85. The van der Waals surface area contributed by atoms with E-state index in [0.717, 1.165) is 17.5 Å². The van der Waals surface area contributed by atoms with E-state index in [1.807, 2.05) is 72.8 Å². The van der Waals surface area contributed by atoms with Crippen molar-refractivity contribution in [2.75, 3.05) is 0 Å². The monoisotopic (exact) mass is 342 g/mol. The first kappa shape index (κ1) is 17.7. The fourth-order valence-corrected chi connectivity index (χ4v) is 2.68. The summed E-state index contributed by atoms with van der Waals surface area (Å²) in [5.74, 6) is -0.326. The number of rotatable bonds is 6. The fourth-order valence-electron chi connectivity index (χ4n) is 2.68. The average molecular weight is 342 g/mol. The molecule has 2 heteroatoms. The molecule has 0 N–H and O–H groups in total. The maximum Gasteiger partial charge on any atom is 0.339 e. The summed E-state index contributed by atoms with van der Waals surface area (Å²) in [4.78, 5) is 12.5. The van der Waals surface area contributed by atoms with Crippen LogP contribution in [0.3, 0.4) is 0 Å². The Bertz CT molecular complexity index is 850. The molecule has 0 spiro atoms. The molecule has 1 atom stereocenters. The molecule has 2 nitrogen and oxygen atoms in total. The Hall–Kier alpha value is -3.13. The molecule has 0 heterocycles. The number of carbonyl (C=O) groups is 1. The van der Waals surface area contributed by atoms with E-state index in [-0.39, 0.29) is 5.97 Å². The molecule has 3 rings (SSSR count). The minimum atomic E-state index is -0.436. The number of carbonyl (C=O) groups excluding carboxylic acids is 1. The summed E-state index contributed by atoms with van der Waals surface area (Å²) >= 11 is 0. The van der Waals surface area contributed by atoms with E-state index < -0.39 is 6.10 Å². The molecule has 3 aromatic rings. The summed E-state index contributed by atoms with van der Waals surface area (Å²) in [5.41, 5.74) is 3.84. The summed E-state index contributed by atoms with van der Waals surface area (Å²) in [5, 5.41) is 0. The van der Waals surface area contributed by atoms with Crippen LogP contribution in [0.5, 0.6) is 0 Å². The van der Waals surface area contributed by atoms with Crippen molar-refractivity contribution in [3.63, 3.8) is 0 Å². The zero-order valence-corrected chi connectivity index (χ0v) is 14.8. The van der Waals surface area contributed by atoms with Gasteiger partial charge in [0.25, 0.3) is 0 Å². The molecule has 0 aliphatic heterocycles. The molecule has 0 bridgehead atoms. The molecule has 0 saturated carbocycles. The third kappa shape index (κ3) is 4.70. The fraction of sp³-hybridized carbons (Fsp3) is 0.125. The van der Waals surface area contributed by atoms with Gasteiger partial charge in [-0.1, -0.05) is 85.8 Å². The van der Waals surface area contributed by atoms with Crippen LogP contribution >= 0.6 is 0 Å². The first-order valence-electron chi connectivity index (χ1n) is 8.84. The van der Waals surface area contributed by atoms with Gasteiger partial charge >= 0.3 is 5.97 Å². The van der Waals surface area contributed by atoms with Gasteiger partial charge in [-0.05, 0) is 41.3 Å². The van der Waals surface area contributed by atoms with E-state index in [0.29, 0.717) is 5.56 Å². The van der Waals surface area contributed by atoms with Crippen LogP contribution in [0.15, 0.2) is 91.0 Å². The number of esters is 1. The normalized spacial score (nSPS) is 12.0. The predicted octanol–water partition coefficient (Wildman–Crippen LogP) is 5.86. The number of benzene rings is 3. The quantitative estimate of drug-likeness (QED) is 0.524. The lowest BCUT2D eigenvalue weighted by Gasteiger charge is -2.15. The number of ether oxygens (including phenoxy) is 1. The molecule has 130 valence electrons. The SMILES string of the molecule is CCc1ccc([C@@H](/C=C/c2ccccc2)OC(=O)c2ccccc2)cc1. The molecule has 0 fully saturated rings. The Kier molecular flexibility index (Phi) is 6.00. The minimum Gasteiger partial charge on any atom is -0.450 e. The van der Waals surface area contributed by atoms with Crippen LogP contribution in [-0.4, -0.2) is 5.97 Å². The highest BCUT2D eigenvalue weighted by Gasteiger charge is 2.15. The summed E-state index contributed by atoms with van der Waals surface area (Å²) in [6.07, 6.45) is 4.45. The first-order chi connectivity index (χ1) is 12.8. The molecule has 0 amide bonds. The largest absolute Gasteiger partial charge is 0.450 e. The number of hydrogen-bond donors (Lipinski definition) is 0. The maximum absolute atomic E-state index is 12.5.